The van der Waals surface area contributed by atoms with Crippen molar-refractivity contribution in [2.24, 2.45) is 0 Å². The van der Waals surface area contributed by atoms with E-state index in [1.165, 1.54) is 0 Å². The first-order valence-electron chi connectivity index (χ1n) is 2.08. The van der Waals surface area contributed by atoms with Gasteiger partial charge in [0.25, 0.3) is 0 Å². The maximum Gasteiger partial charge on any atom is 0.327 e. The molecule has 0 aliphatic rings. The second kappa shape index (κ2) is 4.47. The summed E-state index contributed by atoms with van der Waals surface area (Å²) in [6.45, 7) is 2.33. The Morgan fingerprint density at radius 1 is 1.57 bits per heavy atom. The molecule has 7 heavy (non-hydrogen) atoms. The second-order valence-electron chi connectivity index (χ2n) is 1.09. The summed E-state index contributed by atoms with van der Waals surface area (Å²) in [5, 5.41) is 0. The molecule has 0 aromatic heterocycles. The standard InChI is InChI=1S/C3H9O3P/c1-2-3-6-7(4)5/h4-5H,2-3H2,1H3. The molecule has 0 saturated carbocycles. The van der Waals surface area contributed by atoms with Gasteiger partial charge < -0.3 is 14.3 Å². The lowest BCUT2D eigenvalue weighted by molar-refractivity contribution is 0.255. The Hall–Kier alpha value is 0.310. The van der Waals surface area contributed by atoms with Crippen molar-refractivity contribution >= 4 is 8.60 Å². The molecule has 2 N–H and O–H groups in total. The normalized spacial score (nSPS) is 10.3. The zero-order valence-corrected chi connectivity index (χ0v) is 5.06. The molecule has 0 saturated heterocycles. The van der Waals surface area contributed by atoms with Crippen LogP contribution in [0.3, 0.4) is 0 Å². The monoisotopic (exact) mass is 124 g/mol. The highest BCUT2D eigenvalue weighted by molar-refractivity contribution is 7.39. The third-order valence-electron chi connectivity index (χ3n) is 0.411. The van der Waals surface area contributed by atoms with E-state index in [1.54, 1.807) is 0 Å². The molecule has 44 valence electrons. The topological polar surface area (TPSA) is 49.7 Å². The summed E-state index contributed by atoms with van der Waals surface area (Å²) in [7, 11) is -2.11. The van der Waals surface area contributed by atoms with E-state index >= 15 is 0 Å². The van der Waals surface area contributed by atoms with Crippen molar-refractivity contribution in [3.63, 3.8) is 0 Å². The minimum Gasteiger partial charge on any atom is -0.328 e. The first kappa shape index (κ1) is 7.31. The van der Waals surface area contributed by atoms with E-state index in [4.69, 9.17) is 9.79 Å². The molecule has 0 spiro atoms. The predicted molar refractivity (Wildman–Crippen MR) is 27.6 cm³/mol. The van der Waals surface area contributed by atoms with E-state index in [9.17, 15) is 0 Å². The van der Waals surface area contributed by atoms with Gasteiger partial charge in [-0.25, -0.2) is 0 Å². The molecule has 0 aliphatic carbocycles. The van der Waals surface area contributed by atoms with Gasteiger partial charge in [0.05, 0.1) is 6.61 Å². The Balaban J connectivity index is 2.68. The largest absolute Gasteiger partial charge is 0.328 e. The molecule has 0 amide bonds. The highest BCUT2D eigenvalue weighted by Crippen LogP contribution is 2.23. The van der Waals surface area contributed by atoms with Crippen molar-refractivity contribution in [2.45, 2.75) is 13.3 Å². The quantitative estimate of drug-likeness (QED) is 0.542. The van der Waals surface area contributed by atoms with Crippen LogP contribution >= 0.6 is 8.60 Å². The van der Waals surface area contributed by atoms with Gasteiger partial charge in [0, 0.05) is 0 Å². The van der Waals surface area contributed by atoms with Gasteiger partial charge in [-0.05, 0) is 6.42 Å². The van der Waals surface area contributed by atoms with Crippen molar-refractivity contribution in [3.8, 4) is 0 Å². The molecule has 0 unspecified atom stereocenters. The molecule has 0 fully saturated rings. The summed E-state index contributed by atoms with van der Waals surface area (Å²) < 4.78 is 4.37. The predicted octanol–water partition coefficient (Wildman–Crippen LogP) is 0.624. The second-order valence-corrected chi connectivity index (χ2v) is 1.85. The molecule has 0 aliphatic heterocycles. The zero-order valence-electron chi connectivity index (χ0n) is 4.16. The van der Waals surface area contributed by atoms with E-state index in [-0.39, 0.29) is 0 Å². The molecular weight excluding hydrogens is 115 g/mol. The number of hydrogen-bond acceptors (Lipinski definition) is 3. The summed E-state index contributed by atoms with van der Waals surface area (Å²) in [6, 6.07) is 0. The van der Waals surface area contributed by atoms with Crippen LogP contribution in [0.1, 0.15) is 13.3 Å². The average molecular weight is 124 g/mol. The summed E-state index contributed by atoms with van der Waals surface area (Å²) in [5.41, 5.74) is 0. The van der Waals surface area contributed by atoms with Crippen molar-refractivity contribution in [2.75, 3.05) is 6.61 Å². The Morgan fingerprint density at radius 2 is 2.14 bits per heavy atom. The number of hydrogen-bond donors (Lipinski definition) is 2. The van der Waals surface area contributed by atoms with Crippen LogP contribution in [-0.4, -0.2) is 16.4 Å². The van der Waals surface area contributed by atoms with Crippen LogP contribution < -0.4 is 0 Å². The van der Waals surface area contributed by atoms with Crippen molar-refractivity contribution < 1.29 is 14.3 Å². The molecule has 4 heteroatoms. The maximum atomic E-state index is 8.08. The van der Waals surface area contributed by atoms with Gasteiger partial charge in [0.2, 0.25) is 0 Å². The minimum atomic E-state index is -2.11. The third kappa shape index (κ3) is 6.31. The van der Waals surface area contributed by atoms with Gasteiger partial charge >= 0.3 is 8.60 Å². The van der Waals surface area contributed by atoms with Gasteiger partial charge in [-0.15, -0.1) is 0 Å². The lowest BCUT2D eigenvalue weighted by Crippen LogP contribution is -1.83. The fourth-order valence-corrected chi connectivity index (χ4v) is 0.519. The van der Waals surface area contributed by atoms with Crippen LogP contribution in [0.15, 0.2) is 0 Å². The van der Waals surface area contributed by atoms with Crippen LogP contribution in [0.2, 0.25) is 0 Å². The van der Waals surface area contributed by atoms with Gasteiger partial charge in [-0.1, -0.05) is 6.92 Å². The maximum absolute atomic E-state index is 8.08. The van der Waals surface area contributed by atoms with Crippen LogP contribution in [0.25, 0.3) is 0 Å². The van der Waals surface area contributed by atoms with Crippen LogP contribution in [0, 0.1) is 0 Å². The summed E-state index contributed by atoms with van der Waals surface area (Å²) in [5.74, 6) is 0. The smallest absolute Gasteiger partial charge is 0.327 e. The summed E-state index contributed by atoms with van der Waals surface area (Å²) >= 11 is 0. The average Bonchev–Trinajstić information content (AvgIpc) is 1.61. The van der Waals surface area contributed by atoms with Gasteiger partial charge in [0.1, 0.15) is 0 Å². The molecule has 0 aromatic carbocycles. The van der Waals surface area contributed by atoms with E-state index in [0.29, 0.717) is 6.61 Å². The first-order chi connectivity index (χ1) is 3.27. The minimum absolute atomic E-state index is 0.429. The highest BCUT2D eigenvalue weighted by Gasteiger charge is 1.93. The Bertz CT molecular complexity index is 39.2. The van der Waals surface area contributed by atoms with E-state index in [2.05, 4.69) is 4.52 Å². The van der Waals surface area contributed by atoms with Crippen molar-refractivity contribution in [1.29, 1.82) is 0 Å². The van der Waals surface area contributed by atoms with E-state index < -0.39 is 8.60 Å². The third-order valence-corrected chi connectivity index (χ3v) is 0.824. The molecule has 0 radical (unpaired) electrons. The Labute approximate surface area is 43.9 Å². The van der Waals surface area contributed by atoms with Gasteiger partial charge in [0.15, 0.2) is 0 Å². The lowest BCUT2D eigenvalue weighted by Gasteiger charge is -1.98. The zero-order chi connectivity index (χ0) is 5.70. The lowest BCUT2D eigenvalue weighted by atomic mass is 10.5. The van der Waals surface area contributed by atoms with E-state index in [0.717, 1.165) is 6.42 Å². The van der Waals surface area contributed by atoms with Crippen molar-refractivity contribution in [3.05, 3.63) is 0 Å². The van der Waals surface area contributed by atoms with Crippen LogP contribution in [-0.2, 0) is 4.52 Å². The fourth-order valence-electron chi connectivity index (χ4n) is 0.173. The molecule has 0 rings (SSSR count). The van der Waals surface area contributed by atoms with Gasteiger partial charge in [-0.3, -0.25) is 0 Å². The highest BCUT2D eigenvalue weighted by atomic mass is 31.2. The Kier molecular flexibility index (Phi) is 4.67. The van der Waals surface area contributed by atoms with Crippen LogP contribution in [0.5, 0.6) is 0 Å². The Morgan fingerprint density at radius 3 is 2.29 bits per heavy atom. The molecule has 3 nitrogen and oxygen atoms in total. The number of rotatable bonds is 3. The molecular formula is C3H9O3P. The van der Waals surface area contributed by atoms with Crippen molar-refractivity contribution in [1.82, 2.24) is 0 Å². The van der Waals surface area contributed by atoms with E-state index in [1.807, 2.05) is 6.92 Å². The molecule has 0 aromatic rings. The summed E-state index contributed by atoms with van der Waals surface area (Å²) in [4.78, 5) is 16.2. The SMILES string of the molecule is CCCOP(O)O. The first-order valence-corrected chi connectivity index (χ1v) is 3.24. The van der Waals surface area contributed by atoms with Crippen LogP contribution in [0.4, 0.5) is 0 Å². The van der Waals surface area contributed by atoms with Gasteiger partial charge in [-0.2, -0.15) is 0 Å². The molecule has 0 bridgehead atoms. The molecule has 0 heterocycles. The fraction of sp³-hybridized carbons (Fsp3) is 1.00. The molecule has 0 atom stereocenters. The summed E-state index contributed by atoms with van der Waals surface area (Å²) in [6.07, 6.45) is 0.819.